The Morgan fingerprint density at radius 3 is 2.82 bits per heavy atom. The van der Waals surface area contributed by atoms with Gasteiger partial charge >= 0.3 is 0 Å². The van der Waals surface area contributed by atoms with Crippen molar-refractivity contribution in [3.05, 3.63) is 16.1 Å². The molecule has 3 N–H and O–H groups in total. The van der Waals surface area contributed by atoms with Gasteiger partial charge in [-0.3, -0.25) is 4.79 Å². The average molecular weight is 255 g/mol. The van der Waals surface area contributed by atoms with Crippen molar-refractivity contribution in [2.24, 2.45) is 11.7 Å². The van der Waals surface area contributed by atoms with E-state index in [1.54, 1.807) is 5.38 Å². The molecule has 1 amide bonds. The largest absolute Gasteiger partial charge is 0.348 e. The van der Waals surface area contributed by atoms with Crippen LogP contribution in [0.3, 0.4) is 0 Å². The van der Waals surface area contributed by atoms with E-state index in [1.807, 2.05) is 6.92 Å². The fraction of sp³-hybridized carbons (Fsp3) is 0.667. The number of carbonyl (C=O) groups excluding carboxylic acids is 1. The molecule has 0 aromatic carbocycles. The molecular weight excluding hydrogens is 234 g/mol. The molecule has 96 valence electrons. The zero-order chi connectivity index (χ0) is 12.8. The normalized spacial score (nSPS) is 14.4. The van der Waals surface area contributed by atoms with E-state index in [-0.39, 0.29) is 11.9 Å². The number of hydrogen-bond acceptors (Lipinski definition) is 4. The van der Waals surface area contributed by atoms with E-state index < -0.39 is 0 Å². The summed E-state index contributed by atoms with van der Waals surface area (Å²) in [6, 6.07) is 0.181. The first kappa shape index (κ1) is 14.1. The second kappa shape index (κ2) is 6.71. The summed E-state index contributed by atoms with van der Waals surface area (Å²) in [4.78, 5) is 16.0. The van der Waals surface area contributed by atoms with Crippen molar-refractivity contribution < 1.29 is 4.79 Å². The van der Waals surface area contributed by atoms with Crippen molar-refractivity contribution in [1.29, 1.82) is 0 Å². The van der Waals surface area contributed by atoms with Crippen LogP contribution in [0.1, 0.15) is 49.1 Å². The van der Waals surface area contributed by atoms with Gasteiger partial charge in [0.2, 0.25) is 0 Å². The number of carbonyl (C=O) groups is 1. The molecule has 17 heavy (non-hydrogen) atoms. The molecule has 0 spiro atoms. The van der Waals surface area contributed by atoms with Gasteiger partial charge in [-0.1, -0.05) is 20.3 Å². The van der Waals surface area contributed by atoms with Crippen LogP contribution in [-0.2, 0) is 6.54 Å². The molecule has 1 aromatic rings. The number of hydrogen-bond donors (Lipinski definition) is 2. The molecule has 4 nitrogen and oxygen atoms in total. The van der Waals surface area contributed by atoms with E-state index in [0.717, 1.165) is 17.8 Å². The lowest BCUT2D eigenvalue weighted by molar-refractivity contribution is 0.0931. The summed E-state index contributed by atoms with van der Waals surface area (Å²) >= 11 is 1.43. The monoisotopic (exact) mass is 255 g/mol. The van der Waals surface area contributed by atoms with Crippen LogP contribution < -0.4 is 11.1 Å². The highest BCUT2D eigenvalue weighted by Crippen LogP contribution is 2.12. The lowest BCUT2D eigenvalue weighted by Gasteiger charge is -2.16. The maximum atomic E-state index is 11.8. The summed E-state index contributed by atoms with van der Waals surface area (Å²) in [5.74, 6) is 0.525. The zero-order valence-electron chi connectivity index (χ0n) is 10.7. The van der Waals surface area contributed by atoms with Crippen LogP contribution >= 0.6 is 11.3 Å². The Bertz CT molecular complexity index is 364. The first-order chi connectivity index (χ1) is 8.06. The molecular formula is C12H21N3OS. The summed E-state index contributed by atoms with van der Waals surface area (Å²) < 4.78 is 0. The quantitative estimate of drug-likeness (QED) is 0.818. The van der Waals surface area contributed by atoms with Crippen LogP contribution in [0.15, 0.2) is 5.38 Å². The second-order valence-corrected chi connectivity index (χ2v) is 5.40. The van der Waals surface area contributed by atoms with Crippen molar-refractivity contribution >= 4 is 17.2 Å². The summed E-state index contributed by atoms with van der Waals surface area (Å²) in [6.45, 7) is 6.77. The summed E-state index contributed by atoms with van der Waals surface area (Å²) in [5.41, 5.74) is 5.94. The number of amides is 1. The van der Waals surface area contributed by atoms with Gasteiger partial charge in [0.1, 0.15) is 10.7 Å². The van der Waals surface area contributed by atoms with Gasteiger partial charge in [-0.2, -0.15) is 0 Å². The molecule has 0 saturated heterocycles. The highest BCUT2D eigenvalue weighted by Gasteiger charge is 2.14. The van der Waals surface area contributed by atoms with E-state index in [0.29, 0.717) is 18.2 Å². The third kappa shape index (κ3) is 4.44. The van der Waals surface area contributed by atoms with Gasteiger partial charge in [-0.15, -0.1) is 11.3 Å². The van der Waals surface area contributed by atoms with Crippen LogP contribution in [0.5, 0.6) is 0 Å². The van der Waals surface area contributed by atoms with E-state index in [4.69, 9.17) is 5.73 Å². The summed E-state index contributed by atoms with van der Waals surface area (Å²) in [5, 5.41) is 5.52. The Balaban J connectivity index is 2.48. The van der Waals surface area contributed by atoms with Gasteiger partial charge in [0, 0.05) is 18.0 Å². The number of nitrogens with two attached hydrogens (primary N) is 1. The van der Waals surface area contributed by atoms with Crippen molar-refractivity contribution in [2.45, 2.75) is 46.2 Å². The predicted octanol–water partition coefficient (Wildman–Crippen LogP) is 2.16. The van der Waals surface area contributed by atoms with Crippen molar-refractivity contribution in [3.8, 4) is 0 Å². The molecule has 0 fully saturated rings. The topological polar surface area (TPSA) is 68.0 Å². The Hall–Kier alpha value is -0.940. The van der Waals surface area contributed by atoms with Gasteiger partial charge in [0.05, 0.1) is 0 Å². The molecule has 1 aromatic heterocycles. The SMILES string of the molecule is CCC(C)CC(C)NC(=O)c1csc(CN)n1. The molecule has 1 rings (SSSR count). The lowest BCUT2D eigenvalue weighted by atomic mass is 10.0. The number of thiazole rings is 1. The third-order valence-corrected chi connectivity index (χ3v) is 3.66. The van der Waals surface area contributed by atoms with E-state index in [2.05, 4.69) is 24.1 Å². The van der Waals surface area contributed by atoms with Crippen LogP contribution in [0.25, 0.3) is 0 Å². The molecule has 5 heteroatoms. The smallest absolute Gasteiger partial charge is 0.270 e. The minimum absolute atomic E-state index is 0.100. The average Bonchev–Trinajstić information content (AvgIpc) is 2.77. The highest BCUT2D eigenvalue weighted by atomic mass is 32.1. The van der Waals surface area contributed by atoms with Gasteiger partial charge in [0.15, 0.2) is 0 Å². The predicted molar refractivity (Wildman–Crippen MR) is 71.0 cm³/mol. The van der Waals surface area contributed by atoms with Crippen LogP contribution in [0, 0.1) is 5.92 Å². The Morgan fingerprint density at radius 2 is 2.29 bits per heavy atom. The molecule has 0 aliphatic rings. The number of nitrogens with zero attached hydrogens (tertiary/aromatic N) is 1. The molecule has 2 unspecified atom stereocenters. The van der Waals surface area contributed by atoms with Crippen molar-refractivity contribution in [3.63, 3.8) is 0 Å². The molecule has 0 aliphatic carbocycles. The van der Waals surface area contributed by atoms with E-state index >= 15 is 0 Å². The van der Waals surface area contributed by atoms with Gasteiger partial charge < -0.3 is 11.1 Å². The van der Waals surface area contributed by atoms with Gasteiger partial charge in [-0.25, -0.2) is 4.98 Å². The third-order valence-electron chi connectivity index (χ3n) is 2.79. The maximum Gasteiger partial charge on any atom is 0.270 e. The van der Waals surface area contributed by atoms with Crippen molar-refractivity contribution in [2.75, 3.05) is 0 Å². The molecule has 2 atom stereocenters. The minimum Gasteiger partial charge on any atom is -0.348 e. The fourth-order valence-electron chi connectivity index (χ4n) is 1.64. The zero-order valence-corrected chi connectivity index (χ0v) is 11.5. The van der Waals surface area contributed by atoms with Crippen LogP contribution in [-0.4, -0.2) is 16.9 Å². The molecule has 0 radical (unpaired) electrons. The van der Waals surface area contributed by atoms with Gasteiger partial charge in [0.25, 0.3) is 5.91 Å². The first-order valence-electron chi connectivity index (χ1n) is 6.02. The Morgan fingerprint density at radius 1 is 1.59 bits per heavy atom. The molecule has 1 heterocycles. The summed E-state index contributed by atoms with van der Waals surface area (Å²) in [7, 11) is 0. The fourth-order valence-corrected chi connectivity index (χ4v) is 2.29. The molecule has 0 bridgehead atoms. The van der Waals surface area contributed by atoms with Gasteiger partial charge in [-0.05, 0) is 19.3 Å². The maximum absolute atomic E-state index is 11.8. The van der Waals surface area contributed by atoms with Crippen LogP contribution in [0.4, 0.5) is 0 Å². The first-order valence-corrected chi connectivity index (χ1v) is 6.90. The van der Waals surface area contributed by atoms with E-state index in [9.17, 15) is 4.79 Å². The Kier molecular flexibility index (Phi) is 5.58. The standard InChI is InChI=1S/C12H21N3OS/c1-4-8(2)5-9(3)14-12(16)10-7-17-11(6-13)15-10/h7-9H,4-6,13H2,1-3H3,(H,14,16). The van der Waals surface area contributed by atoms with E-state index in [1.165, 1.54) is 11.3 Å². The number of nitrogens with one attached hydrogen (secondary N) is 1. The summed E-state index contributed by atoms with van der Waals surface area (Å²) in [6.07, 6.45) is 2.13. The lowest BCUT2D eigenvalue weighted by Crippen LogP contribution is -2.33. The molecule has 0 saturated carbocycles. The number of rotatable bonds is 6. The Labute approximate surface area is 107 Å². The minimum atomic E-state index is -0.100. The van der Waals surface area contributed by atoms with Crippen molar-refractivity contribution in [1.82, 2.24) is 10.3 Å². The number of aromatic nitrogens is 1. The second-order valence-electron chi connectivity index (χ2n) is 4.45. The highest BCUT2D eigenvalue weighted by molar-refractivity contribution is 7.09. The molecule has 0 aliphatic heterocycles. The van der Waals surface area contributed by atoms with Crippen LogP contribution in [0.2, 0.25) is 0 Å².